The van der Waals surface area contributed by atoms with Gasteiger partial charge in [0.2, 0.25) is 0 Å². The van der Waals surface area contributed by atoms with Crippen LogP contribution in [0.1, 0.15) is 22.2 Å². The van der Waals surface area contributed by atoms with Crippen LogP contribution in [-0.4, -0.2) is 13.1 Å². The molecule has 2 rings (SSSR count). The smallest absolute Gasteiger partial charge is 0.337 e. The lowest BCUT2D eigenvalue weighted by Crippen LogP contribution is -2.02. The molecule has 0 atom stereocenters. The summed E-state index contributed by atoms with van der Waals surface area (Å²) in [5, 5.41) is 0. The second-order valence-corrected chi connectivity index (χ2v) is 2.99. The second kappa shape index (κ2) is 4.04. The molecule has 1 aliphatic heterocycles. The lowest BCUT2D eigenvalue weighted by atomic mass is 10.1. The summed E-state index contributed by atoms with van der Waals surface area (Å²) in [5.41, 5.74) is 1.36. The quantitative estimate of drug-likeness (QED) is 0.694. The summed E-state index contributed by atoms with van der Waals surface area (Å²) in [7, 11) is 1.35. The lowest BCUT2D eigenvalue weighted by molar-refractivity contribution is -0.0246. The molecule has 0 aliphatic carbocycles. The minimum absolute atomic E-state index is 0.354. The molecule has 0 radical (unpaired) electrons. The summed E-state index contributed by atoms with van der Waals surface area (Å²) in [5.74, 6) is -0.354. The van der Waals surface area contributed by atoms with E-state index >= 15 is 0 Å². The number of ether oxygens (including phenoxy) is 3. The van der Waals surface area contributed by atoms with Crippen molar-refractivity contribution in [2.45, 2.75) is 6.29 Å². The summed E-state index contributed by atoms with van der Waals surface area (Å²) >= 11 is 0. The Morgan fingerprint density at radius 2 is 1.80 bits per heavy atom. The van der Waals surface area contributed by atoms with Gasteiger partial charge in [-0.05, 0) is 12.1 Å². The summed E-state index contributed by atoms with van der Waals surface area (Å²) in [6, 6.07) is 6.88. The van der Waals surface area contributed by atoms with Crippen LogP contribution in [0.5, 0.6) is 0 Å². The van der Waals surface area contributed by atoms with Crippen LogP contribution in [-0.2, 0) is 14.2 Å². The number of rotatable bonds is 2. The summed E-state index contributed by atoms with van der Waals surface area (Å²) < 4.78 is 14.9. The zero-order chi connectivity index (χ0) is 10.7. The van der Waals surface area contributed by atoms with Crippen LogP contribution < -0.4 is 0 Å². The Labute approximate surface area is 87.1 Å². The van der Waals surface area contributed by atoms with Crippen molar-refractivity contribution in [3.05, 3.63) is 47.9 Å². The zero-order valence-corrected chi connectivity index (χ0v) is 8.17. The molecule has 1 heterocycles. The predicted octanol–water partition coefficient (Wildman–Crippen LogP) is 1.99. The van der Waals surface area contributed by atoms with Crippen LogP contribution in [0.2, 0.25) is 0 Å². The molecule has 4 nitrogen and oxygen atoms in total. The van der Waals surface area contributed by atoms with E-state index in [1.165, 1.54) is 19.6 Å². The zero-order valence-electron chi connectivity index (χ0n) is 8.17. The van der Waals surface area contributed by atoms with Gasteiger partial charge in [-0.1, -0.05) is 12.1 Å². The van der Waals surface area contributed by atoms with E-state index < -0.39 is 6.29 Å². The van der Waals surface area contributed by atoms with E-state index in [-0.39, 0.29) is 5.97 Å². The normalized spacial score (nSPS) is 14.5. The van der Waals surface area contributed by atoms with E-state index in [0.29, 0.717) is 5.56 Å². The van der Waals surface area contributed by atoms with Crippen LogP contribution in [0.15, 0.2) is 36.8 Å². The van der Waals surface area contributed by atoms with Gasteiger partial charge in [0.15, 0.2) is 0 Å². The highest BCUT2D eigenvalue weighted by molar-refractivity contribution is 5.89. The topological polar surface area (TPSA) is 44.8 Å². The Balaban J connectivity index is 2.13. The highest BCUT2D eigenvalue weighted by Gasteiger charge is 2.15. The summed E-state index contributed by atoms with van der Waals surface area (Å²) in [6.07, 6.45) is 2.56. The Bertz CT molecular complexity index is 372. The molecule has 0 aromatic heterocycles. The van der Waals surface area contributed by atoms with E-state index in [2.05, 4.69) is 4.74 Å². The highest BCUT2D eigenvalue weighted by atomic mass is 16.7. The molecule has 0 unspecified atom stereocenters. The van der Waals surface area contributed by atoms with Crippen molar-refractivity contribution in [2.24, 2.45) is 0 Å². The van der Waals surface area contributed by atoms with Crippen LogP contribution in [0.4, 0.5) is 0 Å². The van der Waals surface area contributed by atoms with Crippen molar-refractivity contribution in [1.82, 2.24) is 0 Å². The van der Waals surface area contributed by atoms with Gasteiger partial charge in [0.05, 0.1) is 12.7 Å². The first-order valence-electron chi connectivity index (χ1n) is 4.45. The SMILES string of the molecule is COC(=O)c1ccc(C2OC=CO2)cc1. The third-order valence-electron chi connectivity index (χ3n) is 2.06. The van der Waals surface area contributed by atoms with Crippen molar-refractivity contribution in [1.29, 1.82) is 0 Å². The molecule has 0 N–H and O–H groups in total. The van der Waals surface area contributed by atoms with Gasteiger partial charge in [-0.25, -0.2) is 4.79 Å². The van der Waals surface area contributed by atoms with Gasteiger partial charge in [-0.2, -0.15) is 0 Å². The van der Waals surface area contributed by atoms with Gasteiger partial charge < -0.3 is 14.2 Å². The average molecular weight is 206 g/mol. The highest BCUT2D eigenvalue weighted by Crippen LogP contribution is 2.23. The Hall–Kier alpha value is -1.97. The second-order valence-electron chi connectivity index (χ2n) is 2.99. The van der Waals surface area contributed by atoms with Crippen LogP contribution in [0.25, 0.3) is 0 Å². The minimum atomic E-state index is -0.406. The minimum Gasteiger partial charge on any atom is -0.465 e. The Kier molecular flexibility index (Phi) is 2.58. The van der Waals surface area contributed by atoms with Gasteiger partial charge in [-0.15, -0.1) is 0 Å². The van der Waals surface area contributed by atoms with Crippen molar-refractivity contribution >= 4 is 5.97 Å². The first-order chi connectivity index (χ1) is 7.31. The predicted molar refractivity (Wildman–Crippen MR) is 51.8 cm³/mol. The molecule has 0 saturated heterocycles. The molecular weight excluding hydrogens is 196 g/mol. The molecule has 0 saturated carbocycles. The Morgan fingerprint density at radius 1 is 1.20 bits per heavy atom. The van der Waals surface area contributed by atoms with Crippen molar-refractivity contribution in [3.63, 3.8) is 0 Å². The first-order valence-corrected chi connectivity index (χ1v) is 4.45. The van der Waals surface area contributed by atoms with Gasteiger partial charge in [0.1, 0.15) is 12.5 Å². The molecule has 4 heteroatoms. The fourth-order valence-corrected chi connectivity index (χ4v) is 1.29. The van der Waals surface area contributed by atoms with Gasteiger partial charge in [-0.3, -0.25) is 0 Å². The molecule has 1 aromatic carbocycles. The Morgan fingerprint density at radius 3 is 2.33 bits per heavy atom. The van der Waals surface area contributed by atoms with Crippen molar-refractivity contribution < 1.29 is 19.0 Å². The lowest BCUT2D eigenvalue weighted by Gasteiger charge is -2.10. The maximum atomic E-state index is 11.1. The molecule has 0 fully saturated rings. The third-order valence-corrected chi connectivity index (χ3v) is 2.06. The molecule has 78 valence electrons. The summed E-state index contributed by atoms with van der Waals surface area (Å²) in [6.45, 7) is 0. The number of esters is 1. The number of hydrogen-bond donors (Lipinski definition) is 0. The fraction of sp³-hybridized carbons (Fsp3) is 0.182. The number of carbonyl (C=O) groups is 1. The van der Waals surface area contributed by atoms with Crippen molar-refractivity contribution in [2.75, 3.05) is 7.11 Å². The molecule has 0 amide bonds. The number of carbonyl (C=O) groups excluding carboxylic acids is 1. The third kappa shape index (κ3) is 1.93. The van der Waals surface area contributed by atoms with E-state index in [1.807, 2.05) is 0 Å². The molecular formula is C11H10O4. The van der Waals surface area contributed by atoms with Crippen LogP contribution in [0.3, 0.4) is 0 Å². The molecule has 0 bridgehead atoms. The number of methoxy groups -OCH3 is 1. The van der Waals surface area contributed by atoms with E-state index in [4.69, 9.17) is 9.47 Å². The molecule has 1 aromatic rings. The van der Waals surface area contributed by atoms with Gasteiger partial charge in [0, 0.05) is 5.56 Å². The standard InChI is InChI=1S/C11H10O4/c1-13-10(12)8-2-4-9(5-3-8)11-14-6-7-15-11/h2-7,11H,1H3. The molecule has 15 heavy (non-hydrogen) atoms. The van der Waals surface area contributed by atoms with E-state index in [9.17, 15) is 4.79 Å². The van der Waals surface area contributed by atoms with Crippen molar-refractivity contribution in [3.8, 4) is 0 Å². The van der Waals surface area contributed by atoms with Crippen LogP contribution in [0, 0.1) is 0 Å². The van der Waals surface area contributed by atoms with E-state index in [0.717, 1.165) is 5.56 Å². The first kappa shape index (κ1) is 9.58. The molecule has 1 aliphatic rings. The van der Waals surface area contributed by atoms with Crippen LogP contribution >= 0.6 is 0 Å². The van der Waals surface area contributed by atoms with Gasteiger partial charge in [0.25, 0.3) is 6.29 Å². The number of benzene rings is 1. The average Bonchev–Trinajstić information content (AvgIpc) is 2.82. The maximum absolute atomic E-state index is 11.1. The fourth-order valence-electron chi connectivity index (χ4n) is 1.29. The maximum Gasteiger partial charge on any atom is 0.337 e. The number of hydrogen-bond acceptors (Lipinski definition) is 4. The summed E-state index contributed by atoms with van der Waals surface area (Å²) in [4.78, 5) is 11.1. The van der Waals surface area contributed by atoms with Gasteiger partial charge >= 0.3 is 5.97 Å². The van der Waals surface area contributed by atoms with E-state index in [1.54, 1.807) is 24.3 Å². The molecule has 0 spiro atoms. The largest absolute Gasteiger partial charge is 0.465 e. The monoisotopic (exact) mass is 206 g/mol.